The van der Waals surface area contributed by atoms with E-state index in [-0.39, 0.29) is 5.91 Å². The van der Waals surface area contributed by atoms with Crippen molar-refractivity contribution in [3.05, 3.63) is 78.6 Å². The fraction of sp³-hybridized carbons (Fsp3) is 0.167. The number of pyridine rings is 1. The second-order valence-electron chi connectivity index (χ2n) is 7.44. The number of carbonyl (C=O) groups is 1. The average Bonchev–Trinajstić information content (AvgIpc) is 2.85. The highest BCUT2D eigenvalue weighted by molar-refractivity contribution is 6.04. The van der Waals surface area contributed by atoms with Gasteiger partial charge < -0.3 is 20.3 Å². The van der Waals surface area contributed by atoms with Crippen molar-refractivity contribution >= 4 is 39.7 Å². The van der Waals surface area contributed by atoms with Crippen molar-refractivity contribution < 1.29 is 9.53 Å². The van der Waals surface area contributed by atoms with Gasteiger partial charge >= 0.3 is 0 Å². The van der Waals surface area contributed by atoms with Crippen LogP contribution in [-0.4, -0.2) is 47.4 Å². The van der Waals surface area contributed by atoms with Crippen LogP contribution in [0.15, 0.2) is 72.9 Å². The Bertz CT molecular complexity index is 1240. The zero-order valence-corrected chi connectivity index (χ0v) is 17.4. The quantitative estimate of drug-likeness (QED) is 0.501. The van der Waals surface area contributed by atoms with Gasteiger partial charge in [-0.05, 0) is 36.4 Å². The first-order valence-electron chi connectivity index (χ1n) is 10.4. The SMILES string of the molecule is O=C(Nc1ccc(Nc2cc(N3CCOCC3)cnn2)cc1)c1ccc2ccccc2n1. The summed E-state index contributed by atoms with van der Waals surface area (Å²) in [5.74, 6) is 0.409. The lowest BCUT2D eigenvalue weighted by Gasteiger charge is -2.28. The lowest BCUT2D eigenvalue weighted by molar-refractivity contribution is 0.102. The Morgan fingerprint density at radius 1 is 0.938 bits per heavy atom. The van der Waals surface area contributed by atoms with Crippen LogP contribution in [0, 0.1) is 0 Å². The lowest BCUT2D eigenvalue weighted by Crippen LogP contribution is -2.36. The lowest BCUT2D eigenvalue weighted by atomic mass is 10.2. The summed E-state index contributed by atoms with van der Waals surface area (Å²) >= 11 is 0. The van der Waals surface area contributed by atoms with Crippen LogP contribution >= 0.6 is 0 Å². The number of rotatable bonds is 5. The van der Waals surface area contributed by atoms with Crippen molar-refractivity contribution in [2.75, 3.05) is 41.8 Å². The molecule has 0 saturated carbocycles. The molecule has 5 rings (SSSR count). The smallest absolute Gasteiger partial charge is 0.274 e. The number of nitrogens with zero attached hydrogens (tertiary/aromatic N) is 4. The predicted molar refractivity (Wildman–Crippen MR) is 124 cm³/mol. The monoisotopic (exact) mass is 426 g/mol. The average molecular weight is 426 g/mol. The zero-order valence-electron chi connectivity index (χ0n) is 17.4. The van der Waals surface area contributed by atoms with Crippen LogP contribution < -0.4 is 15.5 Å². The Morgan fingerprint density at radius 3 is 2.56 bits per heavy atom. The van der Waals surface area contributed by atoms with Gasteiger partial charge in [0.2, 0.25) is 0 Å². The molecule has 160 valence electrons. The van der Waals surface area contributed by atoms with E-state index in [9.17, 15) is 4.79 Å². The molecule has 1 amide bonds. The van der Waals surface area contributed by atoms with Crippen molar-refractivity contribution in [2.24, 2.45) is 0 Å². The first kappa shape index (κ1) is 19.9. The normalized spacial score (nSPS) is 13.7. The summed E-state index contributed by atoms with van der Waals surface area (Å²) in [5.41, 5.74) is 3.71. The van der Waals surface area contributed by atoms with Gasteiger partial charge in [-0.3, -0.25) is 4.79 Å². The van der Waals surface area contributed by atoms with Crippen molar-refractivity contribution in [3.63, 3.8) is 0 Å². The summed E-state index contributed by atoms with van der Waals surface area (Å²) in [6, 6.07) is 20.7. The number of morpholine rings is 1. The van der Waals surface area contributed by atoms with Gasteiger partial charge in [0.1, 0.15) is 5.69 Å². The molecule has 8 nitrogen and oxygen atoms in total. The molecule has 0 unspecified atom stereocenters. The molecule has 0 radical (unpaired) electrons. The Labute approximate surface area is 185 Å². The third kappa shape index (κ3) is 4.50. The number of fused-ring (bicyclic) bond motifs is 1. The molecule has 1 fully saturated rings. The molecule has 0 spiro atoms. The van der Waals surface area contributed by atoms with Gasteiger partial charge in [0, 0.05) is 35.9 Å². The molecule has 4 aromatic rings. The molecule has 1 aliphatic rings. The van der Waals surface area contributed by atoms with Gasteiger partial charge in [-0.1, -0.05) is 24.3 Å². The van der Waals surface area contributed by atoms with Crippen LogP contribution in [-0.2, 0) is 4.74 Å². The maximum atomic E-state index is 12.6. The fourth-order valence-corrected chi connectivity index (χ4v) is 3.58. The van der Waals surface area contributed by atoms with Crippen LogP contribution in [0.5, 0.6) is 0 Å². The maximum Gasteiger partial charge on any atom is 0.274 e. The highest BCUT2D eigenvalue weighted by Gasteiger charge is 2.13. The van der Waals surface area contributed by atoms with E-state index in [1.54, 1.807) is 12.3 Å². The van der Waals surface area contributed by atoms with Crippen molar-refractivity contribution in [3.8, 4) is 0 Å². The van der Waals surface area contributed by atoms with E-state index < -0.39 is 0 Å². The summed E-state index contributed by atoms with van der Waals surface area (Å²) < 4.78 is 5.41. The molecule has 2 aromatic carbocycles. The molecule has 0 atom stereocenters. The van der Waals surface area contributed by atoms with Crippen LogP contribution in [0.4, 0.5) is 22.9 Å². The molecule has 0 aliphatic carbocycles. The van der Waals surface area contributed by atoms with Gasteiger partial charge in [-0.15, -0.1) is 5.10 Å². The first-order valence-corrected chi connectivity index (χ1v) is 10.4. The molecule has 8 heteroatoms. The van der Waals surface area contributed by atoms with E-state index in [0.717, 1.165) is 35.4 Å². The largest absolute Gasteiger partial charge is 0.378 e. The number of nitrogens with one attached hydrogen (secondary N) is 2. The molecular formula is C24H22N6O2. The summed E-state index contributed by atoms with van der Waals surface area (Å²) in [6.45, 7) is 3.11. The number of ether oxygens (including phenoxy) is 1. The molecule has 2 aromatic heterocycles. The van der Waals surface area contributed by atoms with Crippen LogP contribution in [0.1, 0.15) is 10.5 Å². The van der Waals surface area contributed by atoms with Crippen molar-refractivity contribution in [1.29, 1.82) is 0 Å². The van der Waals surface area contributed by atoms with E-state index in [2.05, 4.69) is 30.7 Å². The van der Waals surface area contributed by atoms with Gasteiger partial charge in [-0.25, -0.2) is 4.98 Å². The number of anilines is 4. The summed E-state index contributed by atoms with van der Waals surface area (Å²) in [7, 11) is 0. The molecule has 32 heavy (non-hydrogen) atoms. The minimum atomic E-state index is -0.249. The molecule has 2 N–H and O–H groups in total. The number of carbonyl (C=O) groups excluding carboxylic acids is 1. The number of aromatic nitrogens is 3. The van der Waals surface area contributed by atoms with E-state index >= 15 is 0 Å². The Balaban J connectivity index is 1.24. The maximum absolute atomic E-state index is 12.6. The third-order valence-corrected chi connectivity index (χ3v) is 5.26. The van der Waals surface area contributed by atoms with E-state index in [1.165, 1.54) is 0 Å². The minimum Gasteiger partial charge on any atom is -0.378 e. The van der Waals surface area contributed by atoms with Gasteiger partial charge in [-0.2, -0.15) is 5.10 Å². The topological polar surface area (TPSA) is 92.3 Å². The predicted octanol–water partition coefficient (Wildman–Crippen LogP) is 3.86. The molecule has 3 heterocycles. The van der Waals surface area contributed by atoms with Crippen LogP contribution in [0.3, 0.4) is 0 Å². The number of hydrogen-bond acceptors (Lipinski definition) is 7. The molecule has 1 aliphatic heterocycles. The third-order valence-electron chi connectivity index (χ3n) is 5.26. The second-order valence-corrected chi connectivity index (χ2v) is 7.44. The van der Waals surface area contributed by atoms with Gasteiger partial charge in [0.15, 0.2) is 5.82 Å². The number of amides is 1. The van der Waals surface area contributed by atoms with E-state index in [4.69, 9.17) is 4.74 Å². The molecule has 1 saturated heterocycles. The molecule has 0 bridgehead atoms. The Hall–Kier alpha value is -4.04. The number of benzene rings is 2. The van der Waals surface area contributed by atoms with Crippen LogP contribution in [0.25, 0.3) is 10.9 Å². The summed E-state index contributed by atoms with van der Waals surface area (Å²) in [4.78, 5) is 19.3. The van der Waals surface area contributed by atoms with Crippen molar-refractivity contribution in [1.82, 2.24) is 15.2 Å². The number of para-hydroxylation sites is 1. The van der Waals surface area contributed by atoms with E-state index in [1.807, 2.05) is 60.7 Å². The first-order chi connectivity index (χ1) is 15.7. The summed E-state index contributed by atoms with van der Waals surface area (Å²) in [6.07, 6.45) is 1.76. The standard InChI is InChI=1S/C24H22N6O2/c31-24(22-10-5-17-3-1-2-4-21(17)28-22)27-19-8-6-18(7-9-19)26-23-15-20(16-25-29-23)30-11-13-32-14-12-30/h1-10,15-16H,11-14H2,(H,26,29)(H,27,31). The van der Waals surface area contributed by atoms with Gasteiger partial charge in [0.05, 0.1) is 30.6 Å². The second kappa shape index (κ2) is 8.99. The Kier molecular flexibility index (Phi) is 5.59. The Morgan fingerprint density at radius 2 is 1.72 bits per heavy atom. The van der Waals surface area contributed by atoms with Crippen molar-refractivity contribution in [2.45, 2.75) is 0 Å². The fourth-order valence-electron chi connectivity index (χ4n) is 3.58. The van der Waals surface area contributed by atoms with Gasteiger partial charge in [0.25, 0.3) is 5.91 Å². The highest BCUT2D eigenvalue weighted by atomic mass is 16.5. The number of hydrogen-bond donors (Lipinski definition) is 2. The molecular weight excluding hydrogens is 404 g/mol. The minimum absolute atomic E-state index is 0.249. The van der Waals surface area contributed by atoms with Crippen LogP contribution in [0.2, 0.25) is 0 Å². The summed E-state index contributed by atoms with van der Waals surface area (Å²) in [5, 5.41) is 15.4. The highest BCUT2D eigenvalue weighted by Crippen LogP contribution is 2.22. The van der Waals surface area contributed by atoms with E-state index in [0.29, 0.717) is 30.4 Å². The zero-order chi connectivity index (χ0) is 21.8.